The Bertz CT molecular complexity index is 452. The third kappa shape index (κ3) is 4.72. The predicted molar refractivity (Wildman–Crippen MR) is 85.7 cm³/mol. The first-order valence-corrected chi connectivity index (χ1v) is 7.32. The molecule has 0 radical (unpaired) electrons. The first-order chi connectivity index (χ1) is 9.60. The van der Waals surface area contributed by atoms with Crippen molar-refractivity contribution in [2.45, 2.75) is 46.0 Å². The minimum atomic E-state index is 0.472. The molecule has 1 aromatic carbocycles. The van der Waals surface area contributed by atoms with Gasteiger partial charge in [0.1, 0.15) is 0 Å². The van der Waals surface area contributed by atoms with Crippen LogP contribution >= 0.6 is 0 Å². The van der Waals surface area contributed by atoms with Crippen LogP contribution in [0.3, 0.4) is 0 Å². The summed E-state index contributed by atoms with van der Waals surface area (Å²) in [4.78, 5) is 12.8. The van der Waals surface area contributed by atoms with Crippen molar-refractivity contribution in [1.82, 2.24) is 5.32 Å². The highest BCUT2D eigenvalue weighted by Crippen LogP contribution is 2.27. The van der Waals surface area contributed by atoms with Gasteiger partial charge in [-0.15, -0.1) is 0 Å². The van der Waals surface area contributed by atoms with Gasteiger partial charge in [-0.25, -0.2) is 0 Å². The molecule has 110 valence electrons. The molecule has 0 spiro atoms. The smallest absolute Gasteiger partial charge is 0.211 e. The maximum Gasteiger partial charge on any atom is 0.211 e. The monoisotopic (exact) mass is 274 g/mol. The number of nitrogens with zero attached hydrogens (tertiary/aromatic N) is 1. The fraction of sp³-hybridized carbons (Fsp3) is 0.471. The van der Waals surface area contributed by atoms with E-state index in [4.69, 9.17) is 0 Å². The van der Waals surface area contributed by atoms with Crippen molar-refractivity contribution >= 4 is 12.1 Å². The van der Waals surface area contributed by atoms with E-state index in [9.17, 15) is 4.79 Å². The van der Waals surface area contributed by atoms with Crippen LogP contribution in [0.15, 0.2) is 36.2 Å². The van der Waals surface area contributed by atoms with Gasteiger partial charge in [-0.3, -0.25) is 4.79 Å². The molecule has 0 aromatic heterocycles. The van der Waals surface area contributed by atoms with Gasteiger partial charge in [-0.05, 0) is 30.4 Å². The number of unbranched alkanes of at least 4 members (excludes halogenated alkanes) is 1. The average molecular weight is 274 g/mol. The molecule has 0 aliphatic rings. The highest BCUT2D eigenvalue weighted by molar-refractivity contribution is 5.57. The van der Waals surface area contributed by atoms with E-state index in [0.29, 0.717) is 5.92 Å². The van der Waals surface area contributed by atoms with Crippen molar-refractivity contribution < 1.29 is 4.79 Å². The maximum atomic E-state index is 10.7. The quantitative estimate of drug-likeness (QED) is 0.726. The number of allylic oxidation sites excluding steroid dienone is 1. The average Bonchev–Trinajstić information content (AvgIpc) is 2.44. The molecule has 0 saturated heterocycles. The van der Waals surface area contributed by atoms with Crippen LogP contribution in [0.25, 0.3) is 0 Å². The number of amides is 1. The van der Waals surface area contributed by atoms with Crippen LogP contribution in [0.1, 0.15) is 51.5 Å². The van der Waals surface area contributed by atoms with Crippen LogP contribution in [0.4, 0.5) is 5.69 Å². The summed E-state index contributed by atoms with van der Waals surface area (Å²) in [6, 6.07) is 8.38. The highest BCUT2D eigenvalue weighted by atomic mass is 16.1. The molecule has 1 amide bonds. The largest absolute Gasteiger partial charge is 0.349 e. The SMILES string of the molecule is CCCC/C(=C/N(C)c1ccccc1C(C)C)NC=O. The van der Waals surface area contributed by atoms with Crippen LogP contribution in [-0.2, 0) is 4.79 Å². The van der Waals surface area contributed by atoms with Crippen LogP contribution in [0, 0.1) is 0 Å². The van der Waals surface area contributed by atoms with Gasteiger partial charge >= 0.3 is 0 Å². The van der Waals surface area contributed by atoms with E-state index in [2.05, 4.69) is 49.2 Å². The lowest BCUT2D eigenvalue weighted by Gasteiger charge is -2.22. The maximum absolute atomic E-state index is 10.7. The van der Waals surface area contributed by atoms with E-state index in [1.165, 1.54) is 11.3 Å². The number of hydrogen-bond donors (Lipinski definition) is 1. The van der Waals surface area contributed by atoms with Crippen molar-refractivity contribution in [3.8, 4) is 0 Å². The fourth-order valence-electron chi connectivity index (χ4n) is 2.22. The van der Waals surface area contributed by atoms with Crippen molar-refractivity contribution in [2.75, 3.05) is 11.9 Å². The predicted octanol–water partition coefficient (Wildman–Crippen LogP) is 4.02. The Balaban J connectivity index is 2.97. The molecule has 3 nitrogen and oxygen atoms in total. The van der Waals surface area contributed by atoms with Crippen molar-refractivity contribution in [2.24, 2.45) is 0 Å². The molecular weight excluding hydrogens is 248 g/mol. The van der Waals surface area contributed by atoms with Gasteiger partial charge in [-0.1, -0.05) is 45.4 Å². The van der Waals surface area contributed by atoms with Gasteiger partial charge in [0.25, 0.3) is 0 Å². The molecule has 1 N–H and O–H groups in total. The second kappa shape index (κ2) is 8.41. The molecule has 1 rings (SSSR count). The number of carbonyl (C=O) groups is 1. The minimum Gasteiger partial charge on any atom is -0.349 e. The van der Waals surface area contributed by atoms with Gasteiger partial charge in [0.15, 0.2) is 0 Å². The molecule has 0 bridgehead atoms. The van der Waals surface area contributed by atoms with Crippen molar-refractivity contribution in [3.05, 3.63) is 41.7 Å². The van der Waals surface area contributed by atoms with Crippen LogP contribution in [0.5, 0.6) is 0 Å². The molecule has 1 aromatic rings. The highest BCUT2D eigenvalue weighted by Gasteiger charge is 2.09. The summed E-state index contributed by atoms with van der Waals surface area (Å²) in [7, 11) is 2.03. The molecule has 0 heterocycles. The van der Waals surface area contributed by atoms with E-state index in [-0.39, 0.29) is 0 Å². The number of nitrogens with one attached hydrogen (secondary N) is 1. The first kappa shape index (κ1) is 16.3. The molecule has 0 saturated carbocycles. The number of rotatable bonds is 8. The first-order valence-electron chi connectivity index (χ1n) is 7.32. The Hall–Kier alpha value is -1.77. The van der Waals surface area contributed by atoms with Gasteiger partial charge in [0, 0.05) is 24.6 Å². The summed E-state index contributed by atoms with van der Waals surface area (Å²) in [5.41, 5.74) is 3.46. The molecule has 0 fully saturated rings. The van der Waals surface area contributed by atoms with Gasteiger partial charge < -0.3 is 10.2 Å². The van der Waals surface area contributed by atoms with Crippen molar-refractivity contribution in [3.63, 3.8) is 0 Å². The third-order valence-electron chi connectivity index (χ3n) is 3.33. The van der Waals surface area contributed by atoms with Crippen LogP contribution in [0.2, 0.25) is 0 Å². The zero-order valence-corrected chi connectivity index (χ0v) is 13.0. The molecule has 0 atom stereocenters. The summed E-state index contributed by atoms with van der Waals surface area (Å²) >= 11 is 0. The third-order valence-corrected chi connectivity index (χ3v) is 3.33. The molecule has 20 heavy (non-hydrogen) atoms. The summed E-state index contributed by atoms with van der Waals surface area (Å²) in [6.07, 6.45) is 5.86. The van der Waals surface area contributed by atoms with E-state index >= 15 is 0 Å². The number of carbonyl (C=O) groups excluding carboxylic acids is 1. The molecule has 0 aliphatic heterocycles. The Labute approximate surface area is 122 Å². The molecule has 0 unspecified atom stereocenters. The zero-order chi connectivity index (χ0) is 15.0. The molecule has 3 heteroatoms. The zero-order valence-electron chi connectivity index (χ0n) is 13.0. The summed E-state index contributed by atoms with van der Waals surface area (Å²) < 4.78 is 0. The van der Waals surface area contributed by atoms with Crippen LogP contribution in [-0.4, -0.2) is 13.5 Å². The van der Waals surface area contributed by atoms with E-state index in [0.717, 1.165) is 31.4 Å². The summed E-state index contributed by atoms with van der Waals surface area (Å²) in [5.74, 6) is 0.472. The topological polar surface area (TPSA) is 32.3 Å². The Morgan fingerprint density at radius 3 is 2.65 bits per heavy atom. The van der Waals surface area contributed by atoms with E-state index in [1.54, 1.807) is 0 Å². The second-order valence-electron chi connectivity index (χ2n) is 5.34. The lowest BCUT2D eigenvalue weighted by molar-refractivity contribution is -0.109. The van der Waals surface area contributed by atoms with E-state index < -0.39 is 0 Å². The molecule has 0 aliphatic carbocycles. The van der Waals surface area contributed by atoms with Crippen molar-refractivity contribution in [1.29, 1.82) is 0 Å². The minimum absolute atomic E-state index is 0.472. The molecular formula is C17H26N2O. The number of anilines is 1. The summed E-state index contributed by atoms with van der Waals surface area (Å²) in [6.45, 7) is 6.53. The number of benzene rings is 1. The normalized spacial score (nSPS) is 11.6. The lowest BCUT2D eigenvalue weighted by Crippen LogP contribution is -2.18. The number of hydrogen-bond acceptors (Lipinski definition) is 2. The Morgan fingerprint density at radius 2 is 2.05 bits per heavy atom. The van der Waals surface area contributed by atoms with Gasteiger partial charge in [0.2, 0.25) is 6.41 Å². The lowest BCUT2D eigenvalue weighted by atomic mass is 10.0. The van der Waals surface area contributed by atoms with E-state index in [1.807, 2.05) is 19.3 Å². The Kier molecular flexibility index (Phi) is 6.85. The number of para-hydroxylation sites is 1. The van der Waals surface area contributed by atoms with Gasteiger partial charge in [0.05, 0.1) is 0 Å². The Morgan fingerprint density at radius 1 is 1.35 bits per heavy atom. The van der Waals surface area contributed by atoms with Gasteiger partial charge in [-0.2, -0.15) is 0 Å². The standard InChI is InChI=1S/C17H26N2O/c1-5-6-9-15(18-13-20)12-19(4)17-11-8-7-10-16(17)14(2)3/h7-8,10-14H,5-6,9H2,1-4H3,(H,18,20)/b15-12-. The fourth-order valence-corrected chi connectivity index (χ4v) is 2.22. The van der Waals surface area contributed by atoms with Crippen LogP contribution < -0.4 is 10.2 Å². The second-order valence-corrected chi connectivity index (χ2v) is 5.34. The summed E-state index contributed by atoms with van der Waals surface area (Å²) in [5, 5.41) is 2.81.